The number of benzene rings is 1. The number of thiophene rings is 1. The van der Waals surface area contributed by atoms with Crippen LogP contribution >= 0.6 is 11.3 Å². The van der Waals surface area contributed by atoms with Gasteiger partial charge >= 0.3 is 0 Å². The van der Waals surface area contributed by atoms with Crippen LogP contribution < -0.4 is 10.9 Å². The quantitative estimate of drug-likeness (QED) is 0.779. The van der Waals surface area contributed by atoms with Gasteiger partial charge in [0, 0.05) is 11.4 Å². The van der Waals surface area contributed by atoms with Gasteiger partial charge in [0.15, 0.2) is 0 Å². The van der Waals surface area contributed by atoms with Gasteiger partial charge < -0.3 is 10.3 Å². The lowest BCUT2D eigenvalue weighted by atomic mass is 10.2. The Morgan fingerprint density at radius 1 is 1.18 bits per heavy atom. The van der Waals surface area contributed by atoms with E-state index in [2.05, 4.69) is 27.4 Å². The first-order chi connectivity index (χ1) is 10.8. The van der Waals surface area contributed by atoms with Crippen molar-refractivity contribution in [1.82, 2.24) is 15.3 Å². The molecule has 112 valence electrons. The summed E-state index contributed by atoms with van der Waals surface area (Å²) in [7, 11) is 0. The van der Waals surface area contributed by atoms with Crippen molar-refractivity contribution in [2.24, 2.45) is 0 Å². The van der Waals surface area contributed by atoms with Crippen molar-refractivity contribution >= 4 is 21.6 Å². The lowest BCUT2D eigenvalue weighted by Gasteiger charge is -2.04. The van der Waals surface area contributed by atoms with Crippen molar-refractivity contribution in [3.63, 3.8) is 0 Å². The highest BCUT2D eigenvalue weighted by Crippen LogP contribution is 2.34. The molecule has 5 heteroatoms. The summed E-state index contributed by atoms with van der Waals surface area (Å²) in [5, 5.41) is 4.15. The fourth-order valence-electron chi connectivity index (χ4n) is 3.05. The van der Waals surface area contributed by atoms with Crippen LogP contribution in [0.1, 0.15) is 28.2 Å². The van der Waals surface area contributed by atoms with Crippen molar-refractivity contribution in [2.75, 3.05) is 0 Å². The zero-order chi connectivity index (χ0) is 14.9. The zero-order valence-corrected chi connectivity index (χ0v) is 13.0. The molecule has 2 heterocycles. The molecule has 1 aromatic carbocycles. The molecule has 0 fully saturated rings. The second-order valence-electron chi connectivity index (χ2n) is 5.64. The molecule has 0 amide bonds. The van der Waals surface area contributed by atoms with Crippen LogP contribution in [0.3, 0.4) is 0 Å². The van der Waals surface area contributed by atoms with Crippen LogP contribution in [-0.4, -0.2) is 9.97 Å². The highest BCUT2D eigenvalue weighted by molar-refractivity contribution is 7.18. The number of aromatic nitrogens is 2. The van der Waals surface area contributed by atoms with Crippen LogP contribution in [0.4, 0.5) is 0 Å². The Bertz CT molecular complexity index is 867. The number of nitrogens with one attached hydrogen (secondary N) is 2. The fourth-order valence-corrected chi connectivity index (χ4v) is 4.33. The summed E-state index contributed by atoms with van der Waals surface area (Å²) in [5.74, 6) is 0.716. The van der Waals surface area contributed by atoms with Gasteiger partial charge in [-0.2, -0.15) is 0 Å². The van der Waals surface area contributed by atoms with Crippen molar-refractivity contribution in [2.45, 2.75) is 32.4 Å². The molecule has 4 nitrogen and oxygen atoms in total. The molecule has 1 aliphatic rings. The normalized spacial score (nSPS) is 13.6. The number of hydrogen-bond acceptors (Lipinski definition) is 4. The van der Waals surface area contributed by atoms with Crippen LogP contribution in [0.2, 0.25) is 0 Å². The minimum Gasteiger partial charge on any atom is -0.309 e. The van der Waals surface area contributed by atoms with E-state index in [9.17, 15) is 4.79 Å². The Kier molecular flexibility index (Phi) is 3.52. The average Bonchev–Trinajstić information content (AvgIpc) is 3.08. The van der Waals surface area contributed by atoms with Crippen LogP contribution in [0, 0.1) is 0 Å². The third kappa shape index (κ3) is 2.46. The monoisotopic (exact) mass is 311 g/mol. The number of nitrogens with zero attached hydrogens (tertiary/aromatic N) is 1. The van der Waals surface area contributed by atoms with E-state index in [4.69, 9.17) is 0 Å². The molecule has 1 aliphatic carbocycles. The van der Waals surface area contributed by atoms with Crippen LogP contribution in [0.25, 0.3) is 10.2 Å². The third-order valence-corrected chi connectivity index (χ3v) is 5.27. The summed E-state index contributed by atoms with van der Waals surface area (Å²) in [5.41, 5.74) is 2.47. The van der Waals surface area contributed by atoms with Crippen LogP contribution in [0.5, 0.6) is 0 Å². The molecular formula is C17H17N3OS. The number of rotatable bonds is 4. The third-order valence-electron chi connectivity index (χ3n) is 4.09. The summed E-state index contributed by atoms with van der Waals surface area (Å²) in [6.07, 6.45) is 3.28. The summed E-state index contributed by atoms with van der Waals surface area (Å²) >= 11 is 1.69. The number of H-pyrrole nitrogens is 1. The fraction of sp³-hybridized carbons (Fsp3) is 0.294. The van der Waals surface area contributed by atoms with Gasteiger partial charge in [-0.1, -0.05) is 30.3 Å². The molecule has 0 radical (unpaired) electrons. The Labute approximate surface area is 132 Å². The van der Waals surface area contributed by atoms with E-state index >= 15 is 0 Å². The van der Waals surface area contributed by atoms with Crippen LogP contribution in [0.15, 0.2) is 35.1 Å². The second-order valence-corrected chi connectivity index (χ2v) is 6.72. The van der Waals surface area contributed by atoms with Crippen LogP contribution in [-0.2, 0) is 25.9 Å². The molecule has 0 saturated heterocycles. The molecule has 2 N–H and O–H groups in total. The van der Waals surface area contributed by atoms with E-state index in [-0.39, 0.29) is 5.56 Å². The number of aromatic amines is 1. The van der Waals surface area contributed by atoms with Crippen molar-refractivity contribution in [3.05, 3.63) is 62.5 Å². The lowest BCUT2D eigenvalue weighted by molar-refractivity contribution is 0.663. The molecule has 0 bridgehead atoms. The van der Waals surface area contributed by atoms with E-state index in [0.717, 1.165) is 36.0 Å². The first-order valence-corrected chi connectivity index (χ1v) is 8.41. The van der Waals surface area contributed by atoms with Gasteiger partial charge in [-0.05, 0) is 30.4 Å². The Morgan fingerprint density at radius 2 is 2.05 bits per heavy atom. The molecule has 0 aliphatic heterocycles. The smallest absolute Gasteiger partial charge is 0.259 e. The Hall–Kier alpha value is -1.98. The van der Waals surface area contributed by atoms with Crippen molar-refractivity contribution in [1.29, 1.82) is 0 Å². The Morgan fingerprint density at radius 3 is 2.91 bits per heavy atom. The van der Waals surface area contributed by atoms with E-state index < -0.39 is 0 Å². The van der Waals surface area contributed by atoms with Gasteiger partial charge in [0.1, 0.15) is 10.7 Å². The summed E-state index contributed by atoms with van der Waals surface area (Å²) in [6, 6.07) is 10.2. The maximum absolute atomic E-state index is 12.3. The maximum atomic E-state index is 12.3. The van der Waals surface area contributed by atoms with Gasteiger partial charge in [0.05, 0.1) is 11.9 Å². The number of fused-ring (bicyclic) bond motifs is 3. The summed E-state index contributed by atoms with van der Waals surface area (Å²) in [6.45, 7) is 1.34. The predicted molar refractivity (Wildman–Crippen MR) is 89.3 cm³/mol. The minimum absolute atomic E-state index is 0.0147. The maximum Gasteiger partial charge on any atom is 0.259 e. The predicted octanol–water partition coefficient (Wildman–Crippen LogP) is 2.76. The SMILES string of the molecule is O=c1[nH]c(CNCc2ccccc2)nc2sc3c(c12)CCC3. The molecule has 0 spiro atoms. The second kappa shape index (κ2) is 5.66. The van der Waals surface area contributed by atoms with Gasteiger partial charge in [0.25, 0.3) is 5.56 Å². The van der Waals surface area contributed by atoms with Gasteiger partial charge in [-0.15, -0.1) is 11.3 Å². The average molecular weight is 311 g/mol. The first kappa shape index (κ1) is 13.7. The summed E-state index contributed by atoms with van der Waals surface area (Å²) in [4.78, 5) is 22.1. The topological polar surface area (TPSA) is 57.8 Å². The molecule has 22 heavy (non-hydrogen) atoms. The summed E-state index contributed by atoms with van der Waals surface area (Å²) < 4.78 is 0. The number of aryl methyl sites for hydroxylation is 2. The molecular weight excluding hydrogens is 294 g/mol. The van der Waals surface area contributed by atoms with Gasteiger partial charge in [-0.25, -0.2) is 4.98 Å². The highest BCUT2D eigenvalue weighted by Gasteiger charge is 2.20. The molecule has 0 saturated carbocycles. The molecule has 0 atom stereocenters. The van der Waals surface area contributed by atoms with E-state index in [1.807, 2.05) is 18.2 Å². The molecule has 0 unspecified atom stereocenters. The van der Waals surface area contributed by atoms with Gasteiger partial charge in [0.2, 0.25) is 0 Å². The van der Waals surface area contributed by atoms with Gasteiger partial charge in [-0.3, -0.25) is 4.79 Å². The molecule has 4 rings (SSSR count). The lowest BCUT2D eigenvalue weighted by Crippen LogP contribution is -2.19. The van der Waals surface area contributed by atoms with E-state index in [0.29, 0.717) is 12.4 Å². The Balaban J connectivity index is 1.54. The molecule has 2 aromatic heterocycles. The zero-order valence-electron chi connectivity index (χ0n) is 12.2. The standard InChI is InChI=1S/C17H17N3OS/c21-16-15-12-7-4-8-13(12)22-17(15)20-14(19-16)10-18-9-11-5-2-1-3-6-11/h1-3,5-6,18H,4,7-10H2,(H,19,20,21). The number of hydrogen-bond donors (Lipinski definition) is 2. The highest BCUT2D eigenvalue weighted by atomic mass is 32.1. The first-order valence-electron chi connectivity index (χ1n) is 7.59. The van der Waals surface area contributed by atoms with E-state index in [1.54, 1.807) is 11.3 Å². The van der Waals surface area contributed by atoms with Crippen molar-refractivity contribution in [3.8, 4) is 0 Å². The molecule has 3 aromatic rings. The van der Waals surface area contributed by atoms with Crippen molar-refractivity contribution < 1.29 is 0 Å². The van der Waals surface area contributed by atoms with E-state index in [1.165, 1.54) is 16.0 Å². The largest absolute Gasteiger partial charge is 0.309 e. The minimum atomic E-state index is 0.0147.